The van der Waals surface area contributed by atoms with Crippen molar-refractivity contribution in [3.8, 4) is 0 Å². The molecule has 0 aromatic rings. The van der Waals surface area contributed by atoms with Gasteiger partial charge in [0.05, 0.1) is 6.04 Å². The molecule has 5 heteroatoms. The number of carbonyl (C=O) groups excluding carboxylic acids is 2. The quantitative estimate of drug-likeness (QED) is 0.451. The lowest BCUT2D eigenvalue weighted by atomic mass is 10.1. The molecule has 0 radical (unpaired) electrons. The largest absolute Gasteiger partial charge is 0.370 e. The molecule has 2 amide bonds. The third-order valence-electron chi connectivity index (χ3n) is 1.30. The average molecular weight is 159 g/mol. The number of nitrogens with two attached hydrogens (primary N) is 3. The van der Waals surface area contributed by atoms with Gasteiger partial charge in [-0.1, -0.05) is 0 Å². The molecule has 0 aromatic carbocycles. The standard InChI is InChI=1S/C6H13N3O2/c7-4(6(9)11)2-1-3-5(8)10/h4H,1-3,7H2,(H2,8,10)(H2,9,11)/t4-/m1/s1. The molecule has 0 rings (SSSR count). The van der Waals surface area contributed by atoms with Gasteiger partial charge in [-0.2, -0.15) is 0 Å². The topological polar surface area (TPSA) is 112 Å². The highest BCUT2D eigenvalue weighted by Crippen LogP contribution is 1.97. The first-order valence-corrected chi connectivity index (χ1v) is 3.37. The molecule has 0 saturated carbocycles. The first-order chi connectivity index (χ1) is 5.04. The van der Waals surface area contributed by atoms with Gasteiger partial charge in [0.2, 0.25) is 11.8 Å². The summed E-state index contributed by atoms with van der Waals surface area (Å²) in [7, 11) is 0. The molecule has 0 saturated heterocycles. The van der Waals surface area contributed by atoms with Gasteiger partial charge in [0.1, 0.15) is 0 Å². The van der Waals surface area contributed by atoms with Crippen LogP contribution in [-0.2, 0) is 9.59 Å². The van der Waals surface area contributed by atoms with Gasteiger partial charge < -0.3 is 17.2 Å². The minimum absolute atomic E-state index is 0.251. The van der Waals surface area contributed by atoms with Crippen molar-refractivity contribution in [1.29, 1.82) is 0 Å². The molecule has 5 nitrogen and oxygen atoms in total. The first-order valence-electron chi connectivity index (χ1n) is 3.37. The van der Waals surface area contributed by atoms with Crippen LogP contribution in [0.25, 0.3) is 0 Å². The second-order valence-electron chi connectivity index (χ2n) is 2.37. The highest BCUT2D eigenvalue weighted by molar-refractivity contribution is 5.79. The molecule has 0 fully saturated rings. The van der Waals surface area contributed by atoms with Crippen LogP contribution in [0.2, 0.25) is 0 Å². The molecule has 0 bridgehead atoms. The third-order valence-corrected chi connectivity index (χ3v) is 1.30. The van der Waals surface area contributed by atoms with Gasteiger partial charge in [-0.3, -0.25) is 9.59 Å². The third kappa shape index (κ3) is 5.35. The Hall–Kier alpha value is -1.10. The number of rotatable bonds is 5. The molecule has 0 unspecified atom stereocenters. The van der Waals surface area contributed by atoms with Crippen molar-refractivity contribution in [1.82, 2.24) is 0 Å². The van der Waals surface area contributed by atoms with Crippen LogP contribution in [0.3, 0.4) is 0 Å². The van der Waals surface area contributed by atoms with E-state index in [1.807, 2.05) is 0 Å². The van der Waals surface area contributed by atoms with E-state index in [-0.39, 0.29) is 12.3 Å². The monoisotopic (exact) mass is 159 g/mol. The van der Waals surface area contributed by atoms with Gasteiger partial charge in [-0.15, -0.1) is 0 Å². The molecule has 0 aliphatic heterocycles. The van der Waals surface area contributed by atoms with Gasteiger partial charge in [-0.05, 0) is 12.8 Å². The van der Waals surface area contributed by atoms with E-state index in [0.29, 0.717) is 12.8 Å². The van der Waals surface area contributed by atoms with Crippen LogP contribution in [0.1, 0.15) is 19.3 Å². The Morgan fingerprint density at radius 3 is 2.18 bits per heavy atom. The SMILES string of the molecule is NC(=O)CCC[C@@H](N)C(N)=O. The van der Waals surface area contributed by atoms with Crippen LogP contribution in [0.5, 0.6) is 0 Å². The van der Waals surface area contributed by atoms with E-state index in [1.165, 1.54) is 0 Å². The van der Waals surface area contributed by atoms with E-state index in [0.717, 1.165) is 0 Å². The maximum atomic E-state index is 10.4. The van der Waals surface area contributed by atoms with Gasteiger partial charge in [0.25, 0.3) is 0 Å². The molecule has 64 valence electrons. The summed E-state index contributed by atoms with van der Waals surface area (Å²) in [6.45, 7) is 0. The van der Waals surface area contributed by atoms with Crippen molar-refractivity contribution < 1.29 is 9.59 Å². The molecule has 0 aliphatic rings. The Morgan fingerprint density at radius 1 is 1.27 bits per heavy atom. The summed E-state index contributed by atoms with van der Waals surface area (Å²) >= 11 is 0. The maximum Gasteiger partial charge on any atom is 0.234 e. The van der Waals surface area contributed by atoms with Crippen molar-refractivity contribution in [2.75, 3.05) is 0 Å². The number of amides is 2. The fourth-order valence-electron chi connectivity index (χ4n) is 0.638. The Morgan fingerprint density at radius 2 is 1.82 bits per heavy atom. The molecule has 0 heterocycles. The second kappa shape index (κ2) is 4.68. The molecule has 0 spiro atoms. The van der Waals surface area contributed by atoms with E-state index in [9.17, 15) is 9.59 Å². The highest BCUT2D eigenvalue weighted by Gasteiger charge is 2.08. The molecule has 0 aliphatic carbocycles. The zero-order chi connectivity index (χ0) is 8.85. The Bertz CT molecular complexity index is 158. The number of carbonyl (C=O) groups is 2. The molecule has 11 heavy (non-hydrogen) atoms. The number of primary amides is 2. The van der Waals surface area contributed by atoms with Crippen LogP contribution >= 0.6 is 0 Å². The molecule has 0 aromatic heterocycles. The predicted molar refractivity (Wildman–Crippen MR) is 40.2 cm³/mol. The van der Waals surface area contributed by atoms with E-state index in [4.69, 9.17) is 17.2 Å². The Balaban J connectivity index is 3.39. The van der Waals surface area contributed by atoms with E-state index in [1.54, 1.807) is 0 Å². The van der Waals surface area contributed by atoms with Crippen molar-refractivity contribution in [2.45, 2.75) is 25.3 Å². The van der Waals surface area contributed by atoms with Crippen LogP contribution < -0.4 is 17.2 Å². The fraction of sp³-hybridized carbons (Fsp3) is 0.667. The number of hydrogen-bond donors (Lipinski definition) is 3. The predicted octanol–water partition coefficient (Wildman–Crippen LogP) is -1.55. The minimum atomic E-state index is -0.658. The average Bonchev–Trinajstić information content (AvgIpc) is 1.86. The van der Waals surface area contributed by atoms with E-state index >= 15 is 0 Å². The summed E-state index contributed by atoms with van der Waals surface area (Å²) in [6.07, 6.45) is 1.18. The summed E-state index contributed by atoms with van der Waals surface area (Å²) in [5.41, 5.74) is 15.0. The van der Waals surface area contributed by atoms with E-state index in [2.05, 4.69) is 0 Å². The molecular formula is C6H13N3O2. The molecule has 6 N–H and O–H groups in total. The minimum Gasteiger partial charge on any atom is -0.370 e. The van der Waals surface area contributed by atoms with Crippen LogP contribution in [-0.4, -0.2) is 17.9 Å². The summed E-state index contributed by atoms with van der Waals surface area (Å²) in [5, 5.41) is 0. The summed E-state index contributed by atoms with van der Waals surface area (Å²) in [4.78, 5) is 20.6. The summed E-state index contributed by atoms with van der Waals surface area (Å²) in [6, 6.07) is -0.658. The smallest absolute Gasteiger partial charge is 0.234 e. The zero-order valence-electron chi connectivity index (χ0n) is 6.25. The van der Waals surface area contributed by atoms with Crippen molar-refractivity contribution in [2.24, 2.45) is 17.2 Å². The van der Waals surface area contributed by atoms with Gasteiger partial charge in [0, 0.05) is 6.42 Å². The van der Waals surface area contributed by atoms with Crippen molar-refractivity contribution in [3.05, 3.63) is 0 Å². The fourth-order valence-corrected chi connectivity index (χ4v) is 0.638. The highest BCUT2D eigenvalue weighted by atomic mass is 16.1. The van der Waals surface area contributed by atoms with Gasteiger partial charge >= 0.3 is 0 Å². The van der Waals surface area contributed by atoms with Gasteiger partial charge in [-0.25, -0.2) is 0 Å². The lowest BCUT2D eigenvalue weighted by Crippen LogP contribution is -2.36. The van der Waals surface area contributed by atoms with Crippen molar-refractivity contribution >= 4 is 11.8 Å². The van der Waals surface area contributed by atoms with Crippen LogP contribution in [0.15, 0.2) is 0 Å². The Labute approximate surface area is 64.9 Å². The van der Waals surface area contributed by atoms with Crippen LogP contribution in [0, 0.1) is 0 Å². The van der Waals surface area contributed by atoms with Gasteiger partial charge in [0.15, 0.2) is 0 Å². The molecular weight excluding hydrogens is 146 g/mol. The van der Waals surface area contributed by atoms with Crippen LogP contribution in [0.4, 0.5) is 0 Å². The van der Waals surface area contributed by atoms with Crippen molar-refractivity contribution in [3.63, 3.8) is 0 Å². The summed E-state index contributed by atoms with van der Waals surface area (Å²) < 4.78 is 0. The zero-order valence-corrected chi connectivity index (χ0v) is 6.25. The normalized spacial score (nSPS) is 12.5. The first kappa shape index (κ1) is 9.90. The number of hydrogen-bond acceptors (Lipinski definition) is 3. The molecule has 1 atom stereocenters. The maximum absolute atomic E-state index is 10.4. The second-order valence-corrected chi connectivity index (χ2v) is 2.37. The lowest BCUT2D eigenvalue weighted by molar-refractivity contribution is -0.120. The summed E-state index contributed by atoms with van der Waals surface area (Å²) in [5.74, 6) is -0.934. The lowest BCUT2D eigenvalue weighted by Gasteiger charge is -2.04. The Kier molecular flexibility index (Phi) is 4.21. The van der Waals surface area contributed by atoms with E-state index < -0.39 is 11.9 Å².